The molecule has 0 saturated carbocycles. The van der Waals surface area contributed by atoms with Gasteiger partial charge >= 0.3 is 0 Å². The van der Waals surface area contributed by atoms with E-state index in [0.29, 0.717) is 24.2 Å². The maximum absolute atomic E-state index is 13.0. The second-order valence-corrected chi connectivity index (χ2v) is 8.17. The first kappa shape index (κ1) is 18.5. The first-order chi connectivity index (χ1) is 12.5. The second-order valence-electron chi connectivity index (χ2n) is 6.26. The Morgan fingerprint density at radius 2 is 1.65 bits per heavy atom. The molecule has 7 heteroatoms. The van der Waals surface area contributed by atoms with E-state index in [1.165, 1.54) is 28.6 Å². The van der Waals surface area contributed by atoms with Gasteiger partial charge in [-0.25, -0.2) is 12.8 Å². The van der Waals surface area contributed by atoms with Crippen LogP contribution < -0.4 is 5.32 Å². The average molecular weight is 376 g/mol. The minimum atomic E-state index is -3.58. The number of benzene rings is 2. The van der Waals surface area contributed by atoms with Gasteiger partial charge in [0.2, 0.25) is 10.0 Å². The Morgan fingerprint density at radius 3 is 2.35 bits per heavy atom. The fraction of sp³-hybridized carbons (Fsp3) is 0.316. The quantitative estimate of drug-likeness (QED) is 0.873. The zero-order valence-corrected chi connectivity index (χ0v) is 15.1. The molecule has 0 aliphatic carbocycles. The number of rotatable bonds is 5. The molecule has 3 rings (SSSR count). The maximum Gasteiger partial charge on any atom is 0.251 e. The summed E-state index contributed by atoms with van der Waals surface area (Å²) in [4.78, 5) is 12.4. The van der Waals surface area contributed by atoms with Gasteiger partial charge in [0.15, 0.2) is 0 Å². The second kappa shape index (κ2) is 7.97. The van der Waals surface area contributed by atoms with Gasteiger partial charge in [0.1, 0.15) is 5.82 Å². The summed E-state index contributed by atoms with van der Waals surface area (Å²) in [6.45, 7) is 1.14. The summed E-state index contributed by atoms with van der Waals surface area (Å²) in [5, 5.41) is 2.71. The van der Waals surface area contributed by atoms with Gasteiger partial charge < -0.3 is 5.32 Å². The fourth-order valence-corrected chi connectivity index (χ4v) is 4.76. The molecular weight excluding hydrogens is 355 g/mol. The standard InChI is InChI=1S/C19H21FN2O3S/c20-17-10-8-15(9-11-17)19(23)21-14-16-6-2-3-7-18(16)26(24,25)22-12-4-1-5-13-22/h2-3,6-11H,1,4-5,12-14H2,(H,21,23). The number of carbonyl (C=O) groups is 1. The topological polar surface area (TPSA) is 66.5 Å². The molecule has 0 aromatic heterocycles. The van der Waals surface area contributed by atoms with E-state index in [4.69, 9.17) is 0 Å². The van der Waals surface area contributed by atoms with E-state index in [0.717, 1.165) is 19.3 Å². The molecule has 2 aromatic rings. The molecule has 5 nitrogen and oxygen atoms in total. The number of hydrogen-bond acceptors (Lipinski definition) is 3. The third-order valence-corrected chi connectivity index (χ3v) is 6.45. The molecule has 1 heterocycles. The van der Waals surface area contributed by atoms with Crippen molar-refractivity contribution in [3.05, 3.63) is 65.5 Å². The zero-order chi connectivity index (χ0) is 18.6. The molecule has 1 N–H and O–H groups in total. The number of nitrogens with one attached hydrogen (secondary N) is 1. The fourth-order valence-electron chi connectivity index (χ4n) is 3.02. The third-order valence-electron chi connectivity index (χ3n) is 4.45. The average Bonchev–Trinajstić information content (AvgIpc) is 2.67. The number of sulfonamides is 1. The summed E-state index contributed by atoms with van der Waals surface area (Å²) in [5.74, 6) is -0.797. The van der Waals surface area contributed by atoms with Gasteiger partial charge in [0.25, 0.3) is 5.91 Å². The van der Waals surface area contributed by atoms with Gasteiger partial charge in [-0.05, 0) is 48.7 Å². The summed E-state index contributed by atoms with van der Waals surface area (Å²) >= 11 is 0. The van der Waals surface area contributed by atoms with E-state index in [1.807, 2.05) is 0 Å². The highest BCUT2D eigenvalue weighted by Crippen LogP contribution is 2.23. The Hall–Kier alpha value is -2.25. The van der Waals surface area contributed by atoms with Crippen LogP contribution in [0.2, 0.25) is 0 Å². The van der Waals surface area contributed by atoms with Crippen LogP contribution in [0, 0.1) is 5.82 Å². The van der Waals surface area contributed by atoms with Crippen molar-refractivity contribution in [2.45, 2.75) is 30.7 Å². The molecule has 0 atom stereocenters. The Bertz CT molecular complexity index is 876. The van der Waals surface area contributed by atoms with Crippen LogP contribution in [0.4, 0.5) is 4.39 Å². The lowest BCUT2D eigenvalue weighted by molar-refractivity contribution is 0.0950. The molecule has 1 aliphatic rings. The normalized spacial score (nSPS) is 15.6. The maximum atomic E-state index is 13.0. The summed E-state index contributed by atoms with van der Waals surface area (Å²) in [7, 11) is -3.58. The van der Waals surface area contributed by atoms with Crippen molar-refractivity contribution in [1.82, 2.24) is 9.62 Å². The van der Waals surface area contributed by atoms with Crippen molar-refractivity contribution in [3.63, 3.8) is 0 Å². The lowest BCUT2D eigenvalue weighted by Gasteiger charge is -2.26. The molecule has 1 saturated heterocycles. The van der Waals surface area contributed by atoms with Gasteiger partial charge in [-0.15, -0.1) is 0 Å². The predicted octanol–water partition coefficient (Wildman–Crippen LogP) is 2.93. The Balaban J connectivity index is 1.77. The Morgan fingerprint density at radius 1 is 1.00 bits per heavy atom. The van der Waals surface area contributed by atoms with E-state index in [2.05, 4.69) is 5.32 Å². The first-order valence-electron chi connectivity index (χ1n) is 8.60. The van der Waals surface area contributed by atoms with Crippen molar-refractivity contribution < 1.29 is 17.6 Å². The molecule has 1 amide bonds. The van der Waals surface area contributed by atoms with E-state index in [9.17, 15) is 17.6 Å². The highest BCUT2D eigenvalue weighted by atomic mass is 32.2. The van der Waals surface area contributed by atoms with Gasteiger partial charge in [-0.2, -0.15) is 4.31 Å². The molecule has 26 heavy (non-hydrogen) atoms. The Labute approximate surface area is 152 Å². The number of carbonyl (C=O) groups excluding carboxylic acids is 1. The monoisotopic (exact) mass is 376 g/mol. The van der Waals surface area contributed by atoms with Gasteiger partial charge in [0.05, 0.1) is 4.90 Å². The van der Waals surface area contributed by atoms with Crippen LogP contribution in [0.5, 0.6) is 0 Å². The number of hydrogen-bond donors (Lipinski definition) is 1. The molecule has 0 bridgehead atoms. The summed E-state index contributed by atoms with van der Waals surface area (Å²) in [5.41, 5.74) is 0.858. The molecule has 2 aromatic carbocycles. The van der Waals surface area contributed by atoms with Gasteiger partial charge in [0, 0.05) is 25.2 Å². The minimum Gasteiger partial charge on any atom is -0.348 e. The summed E-state index contributed by atoms with van der Waals surface area (Å²) in [6, 6.07) is 11.9. The molecule has 0 radical (unpaired) electrons. The zero-order valence-electron chi connectivity index (χ0n) is 14.3. The van der Waals surface area contributed by atoms with Crippen molar-refractivity contribution in [2.75, 3.05) is 13.1 Å². The number of amides is 1. The van der Waals surface area contributed by atoms with Gasteiger partial charge in [-0.3, -0.25) is 4.79 Å². The van der Waals surface area contributed by atoms with Crippen LogP contribution in [-0.4, -0.2) is 31.7 Å². The first-order valence-corrected chi connectivity index (χ1v) is 10.0. The van der Waals surface area contributed by atoms with Crippen LogP contribution in [0.15, 0.2) is 53.4 Å². The molecule has 1 aliphatic heterocycles. The van der Waals surface area contributed by atoms with E-state index in [1.54, 1.807) is 24.3 Å². The lowest BCUT2D eigenvalue weighted by atomic mass is 10.2. The van der Waals surface area contributed by atoms with Crippen molar-refractivity contribution in [3.8, 4) is 0 Å². The van der Waals surface area contributed by atoms with Crippen LogP contribution in [0.3, 0.4) is 0 Å². The van der Waals surface area contributed by atoms with Crippen LogP contribution >= 0.6 is 0 Å². The van der Waals surface area contributed by atoms with E-state index < -0.39 is 15.8 Å². The van der Waals surface area contributed by atoms with E-state index >= 15 is 0 Å². The van der Waals surface area contributed by atoms with E-state index in [-0.39, 0.29) is 17.3 Å². The SMILES string of the molecule is O=C(NCc1ccccc1S(=O)(=O)N1CCCCC1)c1ccc(F)cc1. The van der Waals surface area contributed by atoms with Crippen molar-refractivity contribution >= 4 is 15.9 Å². The van der Waals surface area contributed by atoms with Crippen LogP contribution in [-0.2, 0) is 16.6 Å². The van der Waals surface area contributed by atoms with Crippen LogP contribution in [0.25, 0.3) is 0 Å². The summed E-state index contributed by atoms with van der Waals surface area (Å²) < 4.78 is 40.3. The lowest BCUT2D eigenvalue weighted by Crippen LogP contribution is -2.36. The smallest absolute Gasteiger partial charge is 0.251 e. The van der Waals surface area contributed by atoms with Crippen molar-refractivity contribution in [1.29, 1.82) is 0 Å². The highest BCUT2D eigenvalue weighted by molar-refractivity contribution is 7.89. The molecule has 138 valence electrons. The van der Waals surface area contributed by atoms with Crippen molar-refractivity contribution in [2.24, 2.45) is 0 Å². The van der Waals surface area contributed by atoms with Gasteiger partial charge in [-0.1, -0.05) is 24.6 Å². The number of piperidine rings is 1. The minimum absolute atomic E-state index is 0.0828. The molecule has 0 unspecified atom stereocenters. The highest BCUT2D eigenvalue weighted by Gasteiger charge is 2.27. The molecule has 0 spiro atoms. The largest absolute Gasteiger partial charge is 0.348 e. The molecular formula is C19H21FN2O3S. The number of halogens is 1. The Kier molecular flexibility index (Phi) is 5.68. The predicted molar refractivity (Wildman–Crippen MR) is 96.6 cm³/mol. The third kappa shape index (κ3) is 4.11. The molecule has 1 fully saturated rings. The van der Waals surface area contributed by atoms with Crippen LogP contribution in [0.1, 0.15) is 35.2 Å². The number of nitrogens with zero attached hydrogens (tertiary/aromatic N) is 1. The summed E-state index contributed by atoms with van der Waals surface area (Å²) in [6.07, 6.45) is 2.77.